The molecule has 0 spiro atoms. The fourth-order valence-corrected chi connectivity index (χ4v) is 2.27. The summed E-state index contributed by atoms with van der Waals surface area (Å²) in [5.74, 6) is 2.06. The molecule has 0 saturated heterocycles. The lowest BCUT2D eigenvalue weighted by Gasteiger charge is -2.34. The molecular weight excluding hydrogens is 242 g/mol. The molecule has 19 heavy (non-hydrogen) atoms. The van der Waals surface area contributed by atoms with Gasteiger partial charge in [0.1, 0.15) is 5.75 Å². The van der Waals surface area contributed by atoms with Crippen molar-refractivity contribution in [3.63, 3.8) is 0 Å². The van der Waals surface area contributed by atoms with Gasteiger partial charge in [0.05, 0.1) is 19.1 Å². The Kier molecular flexibility index (Phi) is 2.98. The van der Waals surface area contributed by atoms with Crippen LogP contribution in [0.2, 0.25) is 0 Å². The highest BCUT2D eigenvalue weighted by Gasteiger charge is 2.38. The molecule has 0 unspecified atom stereocenters. The first-order chi connectivity index (χ1) is 9.19. The number of nitrogens with two attached hydrogens (primary N) is 1. The van der Waals surface area contributed by atoms with Crippen LogP contribution in [0.1, 0.15) is 36.5 Å². The maximum atomic E-state index is 6.17. The van der Waals surface area contributed by atoms with E-state index in [0.717, 1.165) is 30.6 Å². The van der Waals surface area contributed by atoms with Crippen molar-refractivity contribution in [1.82, 2.24) is 10.1 Å². The van der Waals surface area contributed by atoms with E-state index in [0.29, 0.717) is 18.1 Å². The van der Waals surface area contributed by atoms with Gasteiger partial charge in [-0.15, -0.1) is 0 Å². The molecule has 1 heterocycles. The van der Waals surface area contributed by atoms with Gasteiger partial charge < -0.3 is 15.0 Å². The van der Waals surface area contributed by atoms with Crippen molar-refractivity contribution in [2.75, 3.05) is 7.11 Å². The summed E-state index contributed by atoms with van der Waals surface area (Å²) in [6.07, 6.45) is 3.60. The molecule has 0 radical (unpaired) electrons. The molecule has 1 saturated carbocycles. The number of rotatable bonds is 4. The van der Waals surface area contributed by atoms with Crippen LogP contribution in [0.5, 0.6) is 5.75 Å². The summed E-state index contributed by atoms with van der Waals surface area (Å²) in [6, 6.07) is 7.83. The number of ether oxygens (including phenoxy) is 1. The van der Waals surface area contributed by atoms with Crippen LogP contribution in [-0.2, 0) is 12.0 Å². The summed E-state index contributed by atoms with van der Waals surface area (Å²) in [5, 5.41) is 4.01. The van der Waals surface area contributed by atoms with Gasteiger partial charge in [0.2, 0.25) is 5.89 Å². The molecular formula is C14H17N3O2. The second kappa shape index (κ2) is 4.66. The van der Waals surface area contributed by atoms with E-state index in [1.54, 1.807) is 7.11 Å². The maximum Gasteiger partial charge on any atom is 0.231 e. The predicted octanol–water partition coefficient (Wildman–Crippen LogP) is 2.01. The Morgan fingerprint density at radius 1 is 1.42 bits per heavy atom. The van der Waals surface area contributed by atoms with Gasteiger partial charge >= 0.3 is 0 Å². The molecule has 1 aromatic carbocycles. The van der Waals surface area contributed by atoms with E-state index in [-0.39, 0.29) is 5.54 Å². The third-order valence-electron chi connectivity index (χ3n) is 3.65. The van der Waals surface area contributed by atoms with Gasteiger partial charge in [-0.1, -0.05) is 17.3 Å². The number of aromatic nitrogens is 2. The number of benzene rings is 1. The van der Waals surface area contributed by atoms with Gasteiger partial charge in [-0.2, -0.15) is 4.98 Å². The highest BCUT2D eigenvalue weighted by atomic mass is 16.5. The largest absolute Gasteiger partial charge is 0.497 e. The van der Waals surface area contributed by atoms with E-state index in [2.05, 4.69) is 10.1 Å². The molecule has 1 fully saturated rings. The van der Waals surface area contributed by atoms with E-state index < -0.39 is 0 Å². The van der Waals surface area contributed by atoms with Crippen LogP contribution in [0.15, 0.2) is 28.8 Å². The summed E-state index contributed by atoms with van der Waals surface area (Å²) in [7, 11) is 1.65. The molecule has 0 atom stereocenters. The number of hydrogen-bond acceptors (Lipinski definition) is 5. The number of nitrogens with zero attached hydrogens (tertiary/aromatic N) is 2. The average molecular weight is 259 g/mol. The molecule has 0 aliphatic heterocycles. The van der Waals surface area contributed by atoms with Crippen LogP contribution in [0.3, 0.4) is 0 Å². The minimum atomic E-state index is -0.365. The molecule has 100 valence electrons. The summed E-state index contributed by atoms with van der Waals surface area (Å²) < 4.78 is 10.5. The van der Waals surface area contributed by atoms with Gasteiger partial charge in [0.25, 0.3) is 0 Å². The first-order valence-electron chi connectivity index (χ1n) is 6.44. The van der Waals surface area contributed by atoms with Crippen molar-refractivity contribution in [3.05, 3.63) is 41.5 Å². The molecule has 0 amide bonds. The van der Waals surface area contributed by atoms with E-state index >= 15 is 0 Å². The van der Waals surface area contributed by atoms with Gasteiger partial charge in [-0.3, -0.25) is 0 Å². The first kappa shape index (κ1) is 12.2. The monoisotopic (exact) mass is 259 g/mol. The molecule has 1 aromatic heterocycles. The van der Waals surface area contributed by atoms with Gasteiger partial charge in [-0.25, -0.2) is 0 Å². The van der Waals surface area contributed by atoms with Crippen LogP contribution in [-0.4, -0.2) is 17.3 Å². The molecule has 2 N–H and O–H groups in total. The Balaban J connectivity index is 1.76. The molecule has 5 heteroatoms. The van der Waals surface area contributed by atoms with E-state index in [9.17, 15) is 0 Å². The molecule has 2 aromatic rings. The highest BCUT2D eigenvalue weighted by molar-refractivity contribution is 5.30. The Labute approximate surface area is 111 Å². The van der Waals surface area contributed by atoms with Gasteiger partial charge in [0, 0.05) is 0 Å². The molecule has 0 bridgehead atoms. The normalized spacial score (nSPS) is 16.9. The summed E-state index contributed by atoms with van der Waals surface area (Å²) in [5.41, 5.74) is 6.88. The Morgan fingerprint density at radius 2 is 2.26 bits per heavy atom. The van der Waals surface area contributed by atoms with Crippen LogP contribution >= 0.6 is 0 Å². The Hall–Kier alpha value is -1.88. The molecule has 5 nitrogen and oxygen atoms in total. The van der Waals surface area contributed by atoms with E-state index in [1.165, 1.54) is 0 Å². The minimum absolute atomic E-state index is 0.365. The topological polar surface area (TPSA) is 74.2 Å². The lowest BCUT2D eigenvalue weighted by molar-refractivity contribution is 0.229. The van der Waals surface area contributed by atoms with Crippen molar-refractivity contribution in [1.29, 1.82) is 0 Å². The van der Waals surface area contributed by atoms with E-state index in [4.69, 9.17) is 15.0 Å². The Morgan fingerprint density at radius 3 is 2.95 bits per heavy atom. The zero-order valence-corrected chi connectivity index (χ0v) is 10.9. The van der Waals surface area contributed by atoms with E-state index in [1.807, 2.05) is 24.3 Å². The quantitative estimate of drug-likeness (QED) is 0.909. The number of methoxy groups -OCH3 is 1. The lowest BCUT2D eigenvalue weighted by Crippen LogP contribution is -2.44. The standard InChI is InChI=1S/C14H17N3O2/c1-18-11-5-2-4-10(8-11)9-12-16-13(17-19-12)14(15)6-3-7-14/h2,4-5,8H,3,6-7,9,15H2,1H3. The lowest BCUT2D eigenvalue weighted by atomic mass is 9.77. The third-order valence-corrected chi connectivity index (χ3v) is 3.65. The smallest absolute Gasteiger partial charge is 0.231 e. The highest BCUT2D eigenvalue weighted by Crippen LogP contribution is 2.36. The second-order valence-corrected chi connectivity index (χ2v) is 5.05. The van der Waals surface area contributed by atoms with Crippen molar-refractivity contribution < 1.29 is 9.26 Å². The van der Waals surface area contributed by atoms with Crippen molar-refractivity contribution in [2.24, 2.45) is 5.73 Å². The first-order valence-corrected chi connectivity index (χ1v) is 6.44. The van der Waals surface area contributed by atoms with Crippen LogP contribution < -0.4 is 10.5 Å². The summed E-state index contributed by atoms with van der Waals surface area (Å²) in [4.78, 5) is 4.41. The minimum Gasteiger partial charge on any atom is -0.497 e. The van der Waals surface area contributed by atoms with Crippen LogP contribution in [0.25, 0.3) is 0 Å². The molecule has 3 rings (SSSR count). The summed E-state index contributed by atoms with van der Waals surface area (Å²) in [6.45, 7) is 0. The third kappa shape index (κ3) is 2.33. The fourth-order valence-electron chi connectivity index (χ4n) is 2.27. The second-order valence-electron chi connectivity index (χ2n) is 5.05. The number of hydrogen-bond donors (Lipinski definition) is 1. The van der Waals surface area contributed by atoms with Gasteiger partial charge in [-0.05, 0) is 37.0 Å². The molecule has 1 aliphatic rings. The maximum absolute atomic E-state index is 6.17. The zero-order valence-electron chi connectivity index (χ0n) is 10.9. The zero-order chi connectivity index (χ0) is 13.3. The van der Waals surface area contributed by atoms with Gasteiger partial charge in [0.15, 0.2) is 5.82 Å². The summed E-state index contributed by atoms with van der Waals surface area (Å²) >= 11 is 0. The predicted molar refractivity (Wildman–Crippen MR) is 69.8 cm³/mol. The average Bonchev–Trinajstić information content (AvgIpc) is 2.85. The Bertz CT molecular complexity index is 576. The van der Waals surface area contributed by atoms with Crippen LogP contribution in [0.4, 0.5) is 0 Å². The van der Waals surface area contributed by atoms with Crippen molar-refractivity contribution >= 4 is 0 Å². The molecule has 1 aliphatic carbocycles. The van der Waals surface area contributed by atoms with Crippen LogP contribution in [0, 0.1) is 0 Å². The van der Waals surface area contributed by atoms with Crippen molar-refractivity contribution in [3.8, 4) is 5.75 Å². The fraction of sp³-hybridized carbons (Fsp3) is 0.429. The SMILES string of the molecule is COc1cccc(Cc2nc(C3(N)CCC3)no2)c1. The van der Waals surface area contributed by atoms with Crippen molar-refractivity contribution in [2.45, 2.75) is 31.2 Å².